The van der Waals surface area contributed by atoms with Gasteiger partial charge in [-0.15, -0.1) is 0 Å². The van der Waals surface area contributed by atoms with E-state index in [0.29, 0.717) is 27.0 Å². The Morgan fingerprint density at radius 3 is 2.48 bits per heavy atom. The molecule has 0 amide bonds. The summed E-state index contributed by atoms with van der Waals surface area (Å²) in [6.45, 7) is 1.70. The fourth-order valence-electron chi connectivity index (χ4n) is 1.75. The Morgan fingerprint density at radius 1 is 1.09 bits per heavy atom. The van der Waals surface area contributed by atoms with E-state index in [4.69, 9.17) is 35.4 Å². The average Bonchev–Trinajstić information content (AvgIpc) is 2.48. The molecule has 23 heavy (non-hydrogen) atoms. The van der Waals surface area contributed by atoms with Crippen LogP contribution in [0.2, 0.25) is 10.0 Å². The zero-order valence-corrected chi connectivity index (χ0v) is 14.3. The molecule has 2 rings (SSSR count). The molecule has 8 heteroatoms. The predicted octanol–water partition coefficient (Wildman–Crippen LogP) is 4.12. The first-order valence-electron chi connectivity index (χ1n) is 6.45. The maximum atomic E-state index is 9.77. The second-order valence-corrected chi connectivity index (χ2v) is 5.82. The normalized spacial score (nSPS) is 11.2. The summed E-state index contributed by atoms with van der Waals surface area (Å²) in [4.78, 5) is 0. The van der Waals surface area contributed by atoms with E-state index >= 15 is 0 Å². The fraction of sp³-hybridized carbons (Fsp3) is 0.0667. The molecule has 0 spiro atoms. The van der Waals surface area contributed by atoms with Crippen LogP contribution >= 0.6 is 35.4 Å². The van der Waals surface area contributed by atoms with Gasteiger partial charge in [0.1, 0.15) is 11.5 Å². The smallest absolute Gasteiger partial charge is 0.191 e. The maximum Gasteiger partial charge on any atom is 0.191 e. The first-order chi connectivity index (χ1) is 10.9. The molecule has 2 aromatic carbocycles. The van der Waals surface area contributed by atoms with Crippen molar-refractivity contribution < 1.29 is 10.2 Å². The number of hydrogen-bond donors (Lipinski definition) is 4. The van der Waals surface area contributed by atoms with Crippen molar-refractivity contribution in [1.29, 1.82) is 0 Å². The maximum absolute atomic E-state index is 9.77. The molecule has 0 aliphatic heterocycles. The molecule has 2 aromatic rings. The number of rotatable bonds is 3. The molecule has 0 radical (unpaired) electrons. The van der Waals surface area contributed by atoms with E-state index in [0.717, 1.165) is 0 Å². The Bertz CT molecular complexity index is 781. The Labute approximate surface area is 148 Å². The number of anilines is 1. The number of benzene rings is 2. The number of nitrogens with one attached hydrogen (secondary N) is 2. The number of halogens is 2. The minimum absolute atomic E-state index is 0.0242. The Hall–Kier alpha value is -2.02. The van der Waals surface area contributed by atoms with E-state index in [1.807, 2.05) is 0 Å². The topological polar surface area (TPSA) is 76.9 Å². The van der Waals surface area contributed by atoms with Gasteiger partial charge in [0.25, 0.3) is 0 Å². The molecule has 0 bridgehead atoms. The standard InChI is InChI=1S/C15H13Cl2N3O2S/c1-8(11-4-3-10(21)7-14(11)22)19-20-15(23)18-9-2-5-12(16)13(17)6-9/h2-7,21-22H,1H3,(H2,18,20,23)/b19-8+. The molecule has 5 nitrogen and oxygen atoms in total. The van der Waals surface area contributed by atoms with Gasteiger partial charge in [-0.3, -0.25) is 5.43 Å². The number of hydrogen-bond acceptors (Lipinski definition) is 4. The van der Waals surface area contributed by atoms with Crippen LogP contribution in [0.5, 0.6) is 11.5 Å². The predicted molar refractivity (Wildman–Crippen MR) is 97.8 cm³/mol. The Kier molecular flexibility index (Phi) is 5.65. The quantitative estimate of drug-likeness (QED) is 0.372. The van der Waals surface area contributed by atoms with Gasteiger partial charge >= 0.3 is 0 Å². The van der Waals surface area contributed by atoms with Crippen LogP contribution in [0, 0.1) is 0 Å². The van der Waals surface area contributed by atoms with Crippen molar-refractivity contribution in [3.63, 3.8) is 0 Å². The van der Waals surface area contributed by atoms with Gasteiger partial charge in [-0.1, -0.05) is 23.2 Å². The minimum atomic E-state index is -0.0728. The first-order valence-corrected chi connectivity index (χ1v) is 7.62. The highest BCUT2D eigenvalue weighted by Crippen LogP contribution is 2.25. The van der Waals surface area contributed by atoms with E-state index in [-0.39, 0.29) is 16.6 Å². The molecule has 0 saturated carbocycles. The molecule has 0 heterocycles. The lowest BCUT2D eigenvalue weighted by Gasteiger charge is -2.09. The van der Waals surface area contributed by atoms with Gasteiger partial charge in [-0.25, -0.2) is 0 Å². The monoisotopic (exact) mass is 369 g/mol. The molecule has 0 aromatic heterocycles. The van der Waals surface area contributed by atoms with E-state index in [1.165, 1.54) is 12.1 Å². The summed E-state index contributed by atoms with van der Waals surface area (Å²) in [7, 11) is 0. The molecular weight excluding hydrogens is 357 g/mol. The van der Waals surface area contributed by atoms with Crippen LogP contribution in [0.1, 0.15) is 12.5 Å². The first kappa shape index (κ1) is 17.3. The van der Waals surface area contributed by atoms with Gasteiger partial charge in [-0.2, -0.15) is 5.10 Å². The van der Waals surface area contributed by atoms with Crippen molar-refractivity contribution in [1.82, 2.24) is 5.43 Å². The third-order valence-corrected chi connectivity index (χ3v) is 3.81. The third-order valence-electron chi connectivity index (χ3n) is 2.87. The van der Waals surface area contributed by atoms with Crippen LogP contribution in [-0.4, -0.2) is 21.0 Å². The van der Waals surface area contributed by atoms with Gasteiger partial charge in [0.2, 0.25) is 0 Å². The zero-order valence-electron chi connectivity index (χ0n) is 12.0. The highest BCUT2D eigenvalue weighted by Gasteiger charge is 2.06. The van der Waals surface area contributed by atoms with Crippen LogP contribution in [0.4, 0.5) is 5.69 Å². The molecule has 0 aliphatic carbocycles. The van der Waals surface area contributed by atoms with Gasteiger partial charge in [0.05, 0.1) is 15.8 Å². The van der Waals surface area contributed by atoms with E-state index < -0.39 is 0 Å². The summed E-state index contributed by atoms with van der Waals surface area (Å²) < 4.78 is 0. The second-order valence-electron chi connectivity index (χ2n) is 4.59. The molecule has 0 unspecified atom stereocenters. The van der Waals surface area contributed by atoms with Crippen LogP contribution in [0.25, 0.3) is 0 Å². The van der Waals surface area contributed by atoms with Crippen molar-refractivity contribution in [2.45, 2.75) is 6.92 Å². The van der Waals surface area contributed by atoms with Gasteiger partial charge in [0, 0.05) is 17.3 Å². The summed E-state index contributed by atoms with van der Waals surface area (Å²) in [5, 5.41) is 27.2. The van der Waals surface area contributed by atoms with E-state index in [9.17, 15) is 10.2 Å². The van der Waals surface area contributed by atoms with Crippen molar-refractivity contribution in [3.8, 4) is 11.5 Å². The third kappa shape index (κ3) is 4.72. The van der Waals surface area contributed by atoms with E-state index in [1.54, 1.807) is 31.2 Å². The highest BCUT2D eigenvalue weighted by atomic mass is 35.5. The number of phenolic OH excluding ortho intramolecular Hbond substituents is 2. The summed E-state index contributed by atoms with van der Waals surface area (Å²) in [5.41, 5.74) is 4.31. The fourth-order valence-corrected chi connectivity index (χ4v) is 2.22. The molecule has 0 atom stereocenters. The minimum Gasteiger partial charge on any atom is -0.508 e. The van der Waals surface area contributed by atoms with E-state index in [2.05, 4.69) is 15.8 Å². The molecule has 0 fully saturated rings. The summed E-state index contributed by atoms with van der Waals surface area (Å²) in [6, 6.07) is 9.27. The van der Waals surface area contributed by atoms with Crippen molar-refractivity contribution >= 4 is 51.9 Å². The van der Waals surface area contributed by atoms with Crippen LogP contribution < -0.4 is 10.7 Å². The molecule has 120 valence electrons. The highest BCUT2D eigenvalue weighted by molar-refractivity contribution is 7.80. The number of phenols is 2. The summed E-state index contributed by atoms with van der Waals surface area (Å²) in [6.07, 6.45) is 0. The Morgan fingerprint density at radius 2 is 1.83 bits per heavy atom. The van der Waals surface area contributed by atoms with Crippen LogP contribution in [-0.2, 0) is 0 Å². The zero-order chi connectivity index (χ0) is 17.0. The molecule has 4 N–H and O–H groups in total. The number of aromatic hydroxyl groups is 2. The van der Waals surface area contributed by atoms with Gasteiger partial charge in [0.15, 0.2) is 5.11 Å². The summed E-state index contributed by atoms with van der Waals surface area (Å²) in [5.74, 6) is -0.0970. The number of thiocarbonyl (C=S) groups is 1. The Balaban J connectivity index is 2.03. The summed E-state index contributed by atoms with van der Waals surface area (Å²) >= 11 is 16.9. The van der Waals surface area contributed by atoms with Crippen molar-refractivity contribution in [2.75, 3.05) is 5.32 Å². The van der Waals surface area contributed by atoms with Gasteiger partial charge < -0.3 is 15.5 Å². The van der Waals surface area contributed by atoms with Gasteiger partial charge in [-0.05, 0) is 49.5 Å². The number of hydrazone groups is 1. The average molecular weight is 370 g/mol. The molecule has 0 aliphatic rings. The molecule has 0 saturated heterocycles. The van der Waals surface area contributed by atoms with Crippen molar-refractivity contribution in [3.05, 3.63) is 52.0 Å². The lowest BCUT2D eigenvalue weighted by molar-refractivity contribution is 0.450. The largest absolute Gasteiger partial charge is 0.508 e. The van der Waals surface area contributed by atoms with Crippen LogP contribution in [0.15, 0.2) is 41.5 Å². The SMILES string of the molecule is C/C(=N\NC(=S)Nc1ccc(Cl)c(Cl)c1)c1ccc(O)cc1O. The molecular formula is C15H13Cl2N3O2S. The number of nitrogens with zero attached hydrogens (tertiary/aromatic N) is 1. The van der Waals surface area contributed by atoms with Crippen molar-refractivity contribution in [2.24, 2.45) is 5.10 Å². The lowest BCUT2D eigenvalue weighted by Crippen LogP contribution is -2.25. The van der Waals surface area contributed by atoms with Crippen LogP contribution in [0.3, 0.4) is 0 Å². The lowest BCUT2D eigenvalue weighted by atomic mass is 10.1. The second kappa shape index (κ2) is 7.50.